The molecule has 1 N–H and O–H groups in total. The molecule has 2 atom stereocenters. The van der Waals surface area contributed by atoms with E-state index in [0.29, 0.717) is 0 Å². The third-order valence-electron chi connectivity index (χ3n) is 5.32. The van der Waals surface area contributed by atoms with Crippen LogP contribution in [0.3, 0.4) is 0 Å². The molecule has 0 heterocycles. The summed E-state index contributed by atoms with van der Waals surface area (Å²) in [5, 5.41) is 9.09. The maximum atomic E-state index is 10.7. The molecular formula is C17H38O5Si2. The van der Waals surface area contributed by atoms with Crippen LogP contribution in [0.5, 0.6) is 0 Å². The van der Waals surface area contributed by atoms with Crippen LogP contribution < -0.4 is 0 Å². The van der Waals surface area contributed by atoms with E-state index < -0.39 is 33.0 Å². The van der Waals surface area contributed by atoms with Gasteiger partial charge < -0.3 is 22.8 Å². The summed E-state index contributed by atoms with van der Waals surface area (Å²) in [6.45, 7) is 21.5. The first-order chi connectivity index (χ1) is 10.6. The van der Waals surface area contributed by atoms with Crippen molar-refractivity contribution in [1.29, 1.82) is 0 Å². The summed E-state index contributed by atoms with van der Waals surface area (Å²) >= 11 is 0. The molecular weight excluding hydrogens is 340 g/mol. The van der Waals surface area contributed by atoms with Crippen molar-refractivity contribution in [3.8, 4) is 0 Å². The van der Waals surface area contributed by atoms with Gasteiger partial charge in [0.1, 0.15) is 5.22 Å². The second kappa shape index (κ2) is 7.69. The molecule has 0 aromatic carbocycles. The van der Waals surface area contributed by atoms with Crippen molar-refractivity contribution in [2.45, 2.75) is 83.9 Å². The van der Waals surface area contributed by atoms with Gasteiger partial charge in [-0.1, -0.05) is 13.8 Å². The van der Waals surface area contributed by atoms with Crippen LogP contribution in [0.2, 0.25) is 11.6 Å². The van der Waals surface area contributed by atoms with Crippen molar-refractivity contribution in [2.75, 3.05) is 14.2 Å². The smallest absolute Gasteiger partial charge is 0.396 e. The van der Waals surface area contributed by atoms with Gasteiger partial charge in [0.25, 0.3) is 0 Å². The quantitative estimate of drug-likeness (QED) is 0.586. The monoisotopic (exact) mass is 378 g/mol. The number of hydrogen-bond donors (Lipinski definition) is 1. The minimum atomic E-state index is -3.09. The van der Waals surface area contributed by atoms with E-state index in [1.165, 1.54) is 0 Å². The van der Waals surface area contributed by atoms with Crippen LogP contribution in [0.1, 0.15) is 55.4 Å². The number of rotatable bonds is 10. The third kappa shape index (κ3) is 4.38. The highest BCUT2D eigenvalue weighted by atomic mass is 28.4. The molecule has 0 aliphatic carbocycles. The average molecular weight is 379 g/mol. The molecule has 0 radical (unpaired) electrons. The molecule has 5 nitrogen and oxygen atoms in total. The van der Waals surface area contributed by atoms with Gasteiger partial charge in [-0.05, 0) is 53.8 Å². The Morgan fingerprint density at radius 3 is 1.71 bits per heavy atom. The molecule has 0 fully saturated rings. The summed E-state index contributed by atoms with van der Waals surface area (Å²) in [6, 6.07) is 0. The zero-order valence-corrected chi connectivity index (χ0v) is 19.4. The second-order valence-corrected chi connectivity index (χ2v) is 15.6. The Bertz CT molecular complexity index is 431. The predicted octanol–water partition coefficient (Wildman–Crippen LogP) is 3.83. The van der Waals surface area contributed by atoms with E-state index in [2.05, 4.69) is 20.4 Å². The Morgan fingerprint density at radius 2 is 1.46 bits per heavy atom. The van der Waals surface area contributed by atoms with Crippen LogP contribution in [-0.4, -0.2) is 53.4 Å². The Morgan fingerprint density at radius 1 is 1.00 bits per heavy atom. The van der Waals surface area contributed by atoms with Crippen molar-refractivity contribution in [1.82, 2.24) is 0 Å². The predicted molar refractivity (Wildman–Crippen MR) is 103 cm³/mol. The van der Waals surface area contributed by atoms with Crippen LogP contribution in [0.4, 0.5) is 0 Å². The van der Waals surface area contributed by atoms with Crippen molar-refractivity contribution in [2.24, 2.45) is 0 Å². The van der Waals surface area contributed by atoms with Gasteiger partial charge >= 0.3 is 17.1 Å². The van der Waals surface area contributed by atoms with Crippen LogP contribution in [0, 0.1) is 0 Å². The number of aliphatic hydroxyl groups is 1. The van der Waals surface area contributed by atoms with E-state index in [-0.39, 0.29) is 6.10 Å². The molecule has 2 unspecified atom stereocenters. The standard InChI is InChI=1S/C17H38O5Si2/c1-13-24(20-11,17(8,9)18)22-15(4,5)16(6,7)23(12,19-10)21-14(2)3/h13-14,18H,1H2,2-12H3. The van der Waals surface area contributed by atoms with E-state index in [1.807, 2.05) is 34.2 Å². The maximum Gasteiger partial charge on any atom is 0.396 e. The number of hydrogen-bond acceptors (Lipinski definition) is 5. The van der Waals surface area contributed by atoms with Gasteiger partial charge in [-0.15, -0.1) is 6.58 Å². The fourth-order valence-electron chi connectivity index (χ4n) is 2.74. The zero-order valence-electron chi connectivity index (χ0n) is 17.4. The van der Waals surface area contributed by atoms with Gasteiger partial charge in [-0.25, -0.2) is 0 Å². The molecule has 7 heteroatoms. The lowest BCUT2D eigenvalue weighted by Crippen LogP contribution is -2.66. The first-order valence-electron chi connectivity index (χ1n) is 8.40. The molecule has 0 bridgehead atoms. The van der Waals surface area contributed by atoms with Crippen molar-refractivity contribution >= 4 is 17.1 Å². The van der Waals surface area contributed by atoms with Crippen LogP contribution in [-0.2, 0) is 17.7 Å². The Hall–Kier alpha value is -0.0262. The lowest BCUT2D eigenvalue weighted by atomic mass is 9.94. The Kier molecular flexibility index (Phi) is 7.68. The first-order valence-corrected chi connectivity index (χ1v) is 12.6. The van der Waals surface area contributed by atoms with Crippen molar-refractivity contribution in [3.05, 3.63) is 12.3 Å². The Labute approximate surface area is 150 Å². The molecule has 0 saturated carbocycles. The molecule has 144 valence electrons. The highest BCUT2D eigenvalue weighted by Crippen LogP contribution is 2.51. The summed E-state index contributed by atoms with van der Waals surface area (Å²) in [6.07, 6.45) is 0.0507. The van der Waals surface area contributed by atoms with E-state index in [9.17, 15) is 5.11 Å². The fourth-order valence-corrected chi connectivity index (χ4v) is 8.39. The van der Waals surface area contributed by atoms with E-state index in [4.69, 9.17) is 17.7 Å². The van der Waals surface area contributed by atoms with Crippen molar-refractivity contribution in [3.63, 3.8) is 0 Å². The average Bonchev–Trinajstić information content (AvgIpc) is 2.42. The fraction of sp³-hybridized carbons (Fsp3) is 0.882. The lowest BCUT2D eigenvalue weighted by Gasteiger charge is -2.53. The van der Waals surface area contributed by atoms with Gasteiger partial charge in [0.15, 0.2) is 0 Å². The Balaban J connectivity index is 5.97. The van der Waals surface area contributed by atoms with Crippen LogP contribution >= 0.6 is 0 Å². The maximum absolute atomic E-state index is 10.7. The molecule has 0 saturated heterocycles. The van der Waals surface area contributed by atoms with Crippen molar-refractivity contribution < 1.29 is 22.8 Å². The highest BCUT2D eigenvalue weighted by molar-refractivity contribution is 6.75. The van der Waals surface area contributed by atoms with Gasteiger partial charge in [0, 0.05) is 25.4 Å². The summed E-state index contributed by atoms with van der Waals surface area (Å²) < 4.78 is 24.3. The van der Waals surface area contributed by atoms with Gasteiger partial charge in [-0.3, -0.25) is 0 Å². The second-order valence-electron chi connectivity index (χ2n) is 8.19. The molecule has 0 aliphatic heterocycles. The van der Waals surface area contributed by atoms with Gasteiger partial charge in [0.05, 0.1) is 5.60 Å². The SMILES string of the molecule is C=C[Si](OC)(OC(C)(C)C(C)(C)[Si](C)(OC)OC(C)C)C(C)(C)O. The topological polar surface area (TPSA) is 57.2 Å². The van der Waals surface area contributed by atoms with E-state index >= 15 is 0 Å². The van der Waals surface area contributed by atoms with Crippen LogP contribution in [0.15, 0.2) is 12.3 Å². The highest BCUT2D eigenvalue weighted by Gasteiger charge is 2.61. The summed E-state index contributed by atoms with van der Waals surface area (Å²) in [7, 11) is -2.45. The minimum absolute atomic E-state index is 0.0507. The lowest BCUT2D eigenvalue weighted by molar-refractivity contribution is -0.0250. The molecule has 24 heavy (non-hydrogen) atoms. The molecule has 0 aromatic rings. The largest absolute Gasteiger partial charge is 0.397 e. The normalized spacial score (nSPS) is 19.0. The third-order valence-corrected chi connectivity index (χ3v) is 13.6. The summed E-state index contributed by atoms with van der Waals surface area (Å²) in [4.78, 5) is 0. The molecule has 0 rings (SSSR count). The summed E-state index contributed by atoms with van der Waals surface area (Å²) in [5.74, 6) is 0. The molecule has 0 aliphatic rings. The molecule has 0 spiro atoms. The summed E-state index contributed by atoms with van der Waals surface area (Å²) in [5.41, 5.74) is 0.967. The van der Waals surface area contributed by atoms with E-state index in [1.54, 1.807) is 33.8 Å². The van der Waals surface area contributed by atoms with Gasteiger partial charge in [0.2, 0.25) is 0 Å². The van der Waals surface area contributed by atoms with E-state index in [0.717, 1.165) is 0 Å². The molecule has 0 aromatic heterocycles. The first kappa shape index (κ1) is 24.0. The zero-order chi connectivity index (χ0) is 19.6. The van der Waals surface area contributed by atoms with Gasteiger partial charge in [-0.2, -0.15) is 0 Å². The van der Waals surface area contributed by atoms with Crippen LogP contribution in [0.25, 0.3) is 0 Å². The molecule has 0 amide bonds. The minimum Gasteiger partial charge on any atom is -0.397 e.